The van der Waals surface area contributed by atoms with E-state index in [0.29, 0.717) is 0 Å². The Hall–Kier alpha value is -1.000. The molecule has 0 fully saturated rings. The first-order chi connectivity index (χ1) is 7.20. The fraction of sp³-hybridized carbons (Fsp3) is 0.545. The van der Waals surface area contributed by atoms with Gasteiger partial charge in [0.2, 0.25) is 5.56 Å². The lowest BCUT2D eigenvalue weighted by Gasteiger charge is -2.14. The van der Waals surface area contributed by atoms with Crippen LogP contribution < -0.4 is 15.6 Å². The maximum absolute atomic E-state index is 11.2. The highest BCUT2D eigenvalue weighted by Crippen LogP contribution is 2.25. The molecule has 0 unspecified atom stereocenters. The Bertz CT molecular complexity index is 405. The van der Waals surface area contributed by atoms with Crippen LogP contribution in [0, 0.1) is 0 Å². The van der Waals surface area contributed by atoms with E-state index >= 15 is 0 Å². The first kappa shape index (κ1) is 13.1. The zero-order valence-corrected chi connectivity index (χ0v) is 10.3. The van der Waals surface area contributed by atoms with Crippen LogP contribution in [-0.2, 0) is 0 Å². The van der Waals surface area contributed by atoms with Crippen LogP contribution in [0.2, 0.25) is 0 Å². The molecule has 2 heterocycles. The highest BCUT2D eigenvalue weighted by atomic mass is 35.5. The van der Waals surface area contributed by atoms with E-state index in [-0.39, 0.29) is 30.1 Å². The van der Waals surface area contributed by atoms with Crippen molar-refractivity contribution >= 4 is 12.4 Å². The summed E-state index contributed by atoms with van der Waals surface area (Å²) in [5.41, 5.74) is 0.763. The van der Waals surface area contributed by atoms with Crippen LogP contribution in [0.1, 0.15) is 32.0 Å². The third-order valence-corrected chi connectivity index (χ3v) is 2.74. The van der Waals surface area contributed by atoms with Gasteiger partial charge in [0.05, 0.1) is 5.69 Å². The second-order valence-corrected chi connectivity index (χ2v) is 3.88. The first-order valence-corrected chi connectivity index (χ1v) is 5.34. The van der Waals surface area contributed by atoms with Gasteiger partial charge in [-0.25, -0.2) is 0 Å². The molecule has 2 rings (SSSR count). The lowest BCUT2D eigenvalue weighted by Crippen LogP contribution is -2.29. The van der Waals surface area contributed by atoms with E-state index in [1.807, 2.05) is 6.92 Å². The van der Waals surface area contributed by atoms with Gasteiger partial charge < -0.3 is 15.0 Å². The number of aromatic amines is 1. The molecule has 1 aliphatic rings. The molecule has 1 aromatic rings. The highest BCUT2D eigenvalue weighted by Gasteiger charge is 2.20. The van der Waals surface area contributed by atoms with E-state index in [1.165, 1.54) is 6.07 Å². The topological polar surface area (TPSA) is 54.1 Å². The van der Waals surface area contributed by atoms with E-state index in [1.54, 1.807) is 6.07 Å². The van der Waals surface area contributed by atoms with Crippen molar-refractivity contribution in [1.82, 2.24) is 10.3 Å². The van der Waals surface area contributed by atoms with E-state index in [9.17, 15) is 4.79 Å². The Kier molecular flexibility index (Phi) is 4.38. The third-order valence-electron chi connectivity index (χ3n) is 2.74. The maximum atomic E-state index is 11.2. The van der Waals surface area contributed by atoms with Gasteiger partial charge >= 0.3 is 0 Å². The van der Waals surface area contributed by atoms with Crippen LogP contribution in [0.5, 0.6) is 5.75 Å². The smallest absolute Gasteiger partial charge is 0.248 e. The molecule has 0 saturated heterocycles. The van der Waals surface area contributed by atoms with Crippen molar-refractivity contribution in [3.05, 3.63) is 28.2 Å². The van der Waals surface area contributed by atoms with Crippen LogP contribution in [0.3, 0.4) is 0 Å². The predicted octanol–water partition coefficient (Wildman–Crippen LogP) is 1.62. The monoisotopic (exact) mass is 244 g/mol. The van der Waals surface area contributed by atoms with Gasteiger partial charge in [-0.15, -0.1) is 12.4 Å². The normalized spacial score (nSPS) is 23.6. The minimum Gasteiger partial charge on any atom is -0.487 e. The Morgan fingerprint density at radius 2 is 2.25 bits per heavy atom. The zero-order valence-electron chi connectivity index (χ0n) is 9.45. The van der Waals surface area contributed by atoms with Gasteiger partial charge in [0.15, 0.2) is 0 Å². The van der Waals surface area contributed by atoms with Crippen molar-refractivity contribution in [2.45, 2.75) is 32.4 Å². The number of hydrogen-bond donors (Lipinski definition) is 2. The fourth-order valence-corrected chi connectivity index (χ4v) is 1.76. The quantitative estimate of drug-likeness (QED) is 0.789. The van der Waals surface area contributed by atoms with E-state index in [2.05, 4.69) is 17.2 Å². The molecule has 90 valence electrons. The fourth-order valence-electron chi connectivity index (χ4n) is 1.76. The molecule has 2 atom stereocenters. The van der Waals surface area contributed by atoms with Crippen molar-refractivity contribution in [3.8, 4) is 5.75 Å². The summed E-state index contributed by atoms with van der Waals surface area (Å²) >= 11 is 0. The number of nitrogens with one attached hydrogen (secondary N) is 2. The molecule has 4 nitrogen and oxygen atoms in total. The first-order valence-electron chi connectivity index (χ1n) is 5.34. The lowest BCUT2D eigenvalue weighted by molar-refractivity contribution is 0.200. The molecule has 5 heteroatoms. The minimum absolute atomic E-state index is 0. The van der Waals surface area contributed by atoms with E-state index in [0.717, 1.165) is 24.4 Å². The number of fused-ring (bicyclic) bond motifs is 1. The standard InChI is InChI=1S/C11H16N2O2.ClH/c1-3-8-6-12-7(2)11-9(15-8)4-5-10(14)13-11;/h4-5,7-8,12H,3,6H2,1-2H3,(H,13,14);1H/t7-,8-;/m1./s1. The zero-order chi connectivity index (χ0) is 10.8. The Morgan fingerprint density at radius 3 is 2.94 bits per heavy atom. The molecular formula is C11H17ClN2O2. The Morgan fingerprint density at radius 1 is 1.50 bits per heavy atom. The molecule has 0 saturated carbocycles. The van der Waals surface area contributed by atoms with Crippen LogP contribution in [0.15, 0.2) is 16.9 Å². The van der Waals surface area contributed by atoms with Crippen LogP contribution in [0.4, 0.5) is 0 Å². The van der Waals surface area contributed by atoms with Crippen LogP contribution >= 0.6 is 12.4 Å². The molecular weight excluding hydrogens is 228 g/mol. The number of H-pyrrole nitrogens is 1. The second kappa shape index (κ2) is 5.37. The summed E-state index contributed by atoms with van der Waals surface area (Å²) in [6.07, 6.45) is 1.14. The molecule has 0 bridgehead atoms. The summed E-state index contributed by atoms with van der Waals surface area (Å²) in [6, 6.07) is 3.38. The number of hydrogen-bond acceptors (Lipinski definition) is 3. The van der Waals surface area contributed by atoms with Gasteiger partial charge in [-0.1, -0.05) is 6.92 Å². The molecule has 0 aromatic carbocycles. The SMILES string of the molecule is CC[C@@H]1CN[C@H](C)c2[nH]c(=O)ccc2O1.Cl. The van der Waals surface area contributed by atoms with Crippen molar-refractivity contribution in [1.29, 1.82) is 0 Å². The van der Waals surface area contributed by atoms with Crippen molar-refractivity contribution in [3.63, 3.8) is 0 Å². The number of halogens is 1. The molecule has 0 aliphatic carbocycles. The second-order valence-electron chi connectivity index (χ2n) is 3.88. The predicted molar refractivity (Wildman–Crippen MR) is 65.4 cm³/mol. The van der Waals surface area contributed by atoms with Gasteiger partial charge in [-0.3, -0.25) is 4.79 Å². The van der Waals surface area contributed by atoms with Gasteiger partial charge in [-0.2, -0.15) is 0 Å². The molecule has 2 N–H and O–H groups in total. The lowest BCUT2D eigenvalue weighted by atomic mass is 10.2. The van der Waals surface area contributed by atoms with Crippen LogP contribution in [0.25, 0.3) is 0 Å². The van der Waals surface area contributed by atoms with E-state index < -0.39 is 0 Å². The third kappa shape index (κ3) is 2.57. The summed E-state index contributed by atoms with van der Waals surface area (Å²) in [5, 5.41) is 3.33. The highest BCUT2D eigenvalue weighted by molar-refractivity contribution is 5.85. The van der Waals surface area contributed by atoms with Crippen LogP contribution in [-0.4, -0.2) is 17.6 Å². The largest absolute Gasteiger partial charge is 0.487 e. The Labute approximate surface area is 101 Å². The number of aromatic nitrogens is 1. The Balaban J connectivity index is 0.00000128. The summed E-state index contributed by atoms with van der Waals surface area (Å²) in [7, 11) is 0. The molecule has 0 amide bonds. The molecule has 0 spiro atoms. The number of ether oxygens (including phenoxy) is 1. The van der Waals surface area contributed by atoms with E-state index in [4.69, 9.17) is 4.74 Å². The number of pyridine rings is 1. The van der Waals surface area contributed by atoms with Gasteiger partial charge in [-0.05, 0) is 19.4 Å². The van der Waals surface area contributed by atoms with Crippen molar-refractivity contribution < 1.29 is 4.74 Å². The van der Waals surface area contributed by atoms with Crippen molar-refractivity contribution in [2.75, 3.05) is 6.54 Å². The average molecular weight is 245 g/mol. The summed E-state index contributed by atoms with van der Waals surface area (Å²) in [5.74, 6) is 0.791. The summed E-state index contributed by atoms with van der Waals surface area (Å²) < 4.78 is 5.80. The molecule has 16 heavy (non-hydrogen) atoms. The molecule has 0 radical (unpaired) electrons. The number of rotatable bonds is 1. The average Bonchev–Trinajstić information content (AvgIpc) is 2.39. The molecule has 1 aromatic heterocycles. The minimum atomic E-state index is -0.0825. The maximum Gasteiger partial charge on any atom is 0.248 e. The van der Waals surface area contributed by atoms with Gasteiger partial charge in [0.25, 0.3) is 0 Å². The van der Waals surface area contributed by atoms with Gasteiger partial charge in [0, 0.05) is 18.7 Å². The van der Waals surface area contributed by atoms with Crippen molar-refractivity contribution in [2.24, 2.45) is 0 Å². The molecule has 1 aliphatic heterocycles. The summed E-state index contributed by atoms with van der Waals surface area (Å²) in [4.78, 5) is 14.0. The summed E-state index contributed by atoms with van der Waals surface area (Å²) in [6.45, 7) is 4.93. The van der Waals surface area contributed by atoms with Gasteiger partial charge in [0.1, 0.15) is 11.9 Å².